The highest BCUT2D eigenvalue weighted by Gasteiger charge is 2.40. The number of halogens is 1. The van der Waals surface area contributed by atoms with Crippen LogP contribution in [0.5, 0.6) is 0 Å². The van der Waals surface area contributed by atoms with E-state index in [-0.39, 0.29) is 12.5 Å². The Labute approximate surface area is 95.6 Å². The maximum Gasteiger partial charge on any atom is 0.408 e. The molecular formula is C11H21FN2O2. The molecule has 3 N–H and O–H groups in total. The number of alkyl halides is 1. The van der Waals surface area contributed by atoms with Crippen LogP contribution in [0, 0.1) is 0 Å². The van der Waals surface area contributed by atoms with E-state index < -0.39 is 23.8 Å². The van der Waals surface area contributed by atoms with Crippen molar-refractivity contribution in [3.63, 3.8) is 0 Å². The van der Waals surface area contributed by atoms with Crippen molar-refractivity contribution in [2.75, 3.05) is 0 Å². The van der Waals surface area contributed by atoms with Gasteiger partial charge in [-0.3, -0.25) is 4.90 Å². The molecule has 0 aromatic carbocycles. The van der Waals surface area contributed by atoms with Crippen LogP contribution in [-0.4, -0.2) is 39.9 Å². The molecule has 0 aromatic heterocycles. The molecule has 4 nitrogen and oxygen atoms in total. The molecule has 16 heavy (non-hydrogen) atoms. The average molecular weight is 232 g/mol. The lowest BCUT2D eigenvalue weighted by Crippen LogP contribution is -2.57. The number of nitrogens with two attached hydrogens (primary N) is 1. The van der Waals surface area contributed by atoms with Crippen LogP contribution in [-0.2, 0) is 0 Å². The summed E-state index contributed by atoms with van der Waals surface area (Å²) in [5.74, 6) is 0. The second kappa shape index (κ2) is 4.57. The molecule has 1 aliphatic carbocycles. The molecule has 0 heterocycles. The minimum Gasteiger partial charge on any atom is -0.465 e. The van der Waals surface area contributed by atoms with E-state index in [0.717, 1.165) is 0 Å². The lowest BCUT2D eigenvalue weighted by molar-refractivity contribution is 0.0170. The van der Waals surface area contributed by atoms with Crippen molar-refractivity contribution in [1.82, 2.24) is 4.90 Å². The van der Waals surface area contributed by atoms with Crippen molar-refractivity contribution >= 4 is 6.09 Å². The third-order valence-electron chi connectivity index (χ3n) is 3.04. The maximum absolute atomic E-state index is 13.9. The van der Waals surface area contributed by atoms with Crippen LogP contribution in [0.2, 0.25) is 0 Å². The summed E-state index contributed by atoms with van der Waals surface area (Å²) in [4.78, 5) is 12.4. The van der Waals surface area contributed by atoms with Crippen LogP contribution < -0.4 is 5.73 Å². The van der Waals surface area contributed by atoms with Gasteiger partial charge in [-0.2, -0.15) is 0 Å². The Kier molecular flexibility index (Phi) is 3.78. The topological polar surface area (TPSA) is 66.6 Å². The van der Waals surface area contributed by atoms with Crippen molar-refractivity contribution in [1.29, 1.82) is 0 Å². The number of carboxylic acid groups (broad SMARTS) is 1. The number of nitrogens with zero attached hydrogens (tertiary/aromatic N) is 1. The standard InChI is InChI=1S/C11H21FN2O2/c1-11(2,3)14(10(15)16)9-5-4-7(13)6-8(9)12/h7-9H,4-6,13H2,1-3H3,(H,15,16)/t7-,8+,9-/m1/s1. The number of hydrogen-bond donors (Lipinski definition) is 2. The summed E-state index contributed by atoms with van der Waals surface area (Å²) in [5.41, 5.74) is 5.09. The molecule has 0 spiro atoms. The molecule has 3 atom stereocenters. The highest BCUT2D eigenvalue weighted by Crippen LogP contribution is 2.30. The third kappa shape index (κ3) is 2.84. The van der Waals surface area contributed by atoms with Crippen molar-refractivity contribution in [3.8, 4) is 0 Å². The fraction of sp³-hybridized carbons (Fsp3) is 0.909. The lowest BCUT2D eigenvalue weighted by Gasteiger charge is -2.43. The molecule has 0 unspecified atom stereocenters. The maximum atomic E-state index is 13.9. The predicted octanol–water partition coefficient (Wildman–Crippen LogP) is 1.98. The first-order valence-corrected chi connectivity index (χ1v) is 5.65. The molecule has 1 saturated carbocycles. The van der Waals surface area contributed by atoms with Crippen LogP contribution in [0.3, 0.4) is 0 Å². The molecule has 0 aromatic rings. The predicted molar refractivity (Wildman–Crippen MR) is 60.1 cm³/mol. The first kappa shape index (κ1) is 13.2. The van der Waals surface area contributed by atoms with Gasteiger partial charge >= 0.3 is 6.09 Å². The normalized spacial score (nSPS) is 31.2. The molecule has 1 amide bonds. The van der Waals surface area contributed by atoms with E-state index in [2.05, 4.69) is 0 Å². The molecule has 1 fully saturated rings. The largest absolute Gasteiger partial charge is 0.465 e. The van der Waals surface area contributed by atoms with Gasteiger partial charge in [-0.15, -0.1) is 0 Å². The summed E-state index contributed by atoms with van der Waals surface area (Å²) < 4.78 is 13.9. The van der Waals surface area contributed by atoms with Gasteiger partial charge in [-0.05, 0) is 40.0 Å². The van der Waals surface area contributed by atoms with E-state index in [9.17, 15) is 14.3 Å². The lowest BCUT2D eigenvalue weighted by atomic mass is 9.87. The van der Waals surface area contributed by atoms with E-state index in [0.29, 0.717) is 12.8 Å². The fourth-order valence-corrected chi connectivity index (χ4v) is 2.35. The Morgan fingerprint density at radius 3 is 2.38 bits per heavy atom. The second-order valence-electron chi connectivity index (χ2n) is 5.48. The van der Waals surface area contributed by atoms with Crippen LogP contribution in [0.1, 0.15) is 40.0 Å². The summed E-state index contributed by atoms with van der Waals surface area (Å²) in [7, 11) is 0. The van der Waals surface area contributed by atoms with Crippen LogP contribution in [0.15, 0.2) is 0 Å². The first-order chi connectivity index (χ1) is 7.23. The number of amides is 1. The minimum atomic E-state index is -1.15. The van der Waals surface area contributed by atoms with Crippen LogP contribution in [0.4, 0.5) is 9.18 Å². The SMILES string of the molecule is CC(C)(C)N(C(=O)O)[C@@H]1CC[C@@H](N)C[C@@H]1F. The van der Waals surface area contributed by atoms with E-state index in [1.165, 1.54) is 4.90 Å². The molecule has 0 aliphatic heterocycles. The van der Waals surface area contributed by atoms with Gasteiger partial charge in [0, 0.05) is 11.6 Å². The monoisotopic (exact) mass is 232 g/mol. The Bertz CT molecular complexity index is 265. The third-order valence-corrected chi connectivity index (χ3v) is 3.04. The summed E-state index contributed by atoms with van der Waals surface area (Å²) in [6.07, 6.45) is -0.767. The molecule has 1 aliphatic rings. The van der Waals surface area contributed by atoms with Gasteiger partial charge in [-0.1, -0.05) is 0 Å². The molecule has 5 heteroatoms. The van der Waals surface area contributed by atoms with E-state index in [4.69, 9.17) is 5.73 Å². The number of carbonyl (C=O) groups is 1. The first-order valence-electron chi connectivity index (χ1n) is 5.65. The Balaban J connectivity index is 2.83. The quantitative estimate of drug-likeness (QED) is 0.726. The molecule has 0 saturated heterocycles. The zero-order chi connectivity index (χ0) is 12.5. The van der Waals surface area contributed by atoms with Crippen molar-refractivity contribution in [2.45, 2.75) is 63.8 Å². The Morgan fingerprint density at radius 2 is 2.00 bits per heavy atom. The van der Waals surface area contributed by atoms with Gasteiger partial charge in [0.25, 0.3) is 0 Å². The Morgan fingerprint density at radius 1 is 1.44 bits per heavy atom. The Hall–Kier alpha value is -0.840. The van der Waals surface area contributed by atoms with E-state index in [1.54, 1.807) is 20.8 Å². The zero-order valence-electron chi connectivity index (χ0n) is 10.1. The summed E-state index contributed by atoms with van der Waals surface area (Å²) >= 11 is 0. The van der Waals surface area contributed by atoms with Gasteiger partial charge in [-0.25, -0.2) is 9.18 Å². The fourth-order valence-electron chi connectivity index (χ4n) is 2.35. The molecule has 94 valence electrons. The van der Waals surface area contributed by atoms with Gasteiger partial charge in [0.05, 0.1) is 6.04 Å². The second-order valence-corrected chi connectivity index (χ2v) is 5.48. The van der Waals surface area contributed by atoms with Crippen LogP contribution in [0.25, 0.3) is 0 Å². The van der Waals surface area contributed by atoms with Gasteiger partial charge in [0.2, 0.25) is 0 Å². The highest BCUT2D eigenvalue weighted by molar-refractivity contribution is 5.66. The minimum absolute atomic E-state index is 0.137. The van der Waals surface area contributed by atoms with E-state index >= 15 is 0 Å². The zero-order valence-corrected chi connectivity index (χ0v) is 10.1. The molecule has 0 radical (unpaired) electrons. The summed E-state index contributed by atoms with van der Waals surface area (Å²) in [6, 6.07) is -0.695. The molecule has 1 rings (SSSR count). The summed E-state index contributed by atoms with van der Waals surface area (Å²) in [5, 5.41) is 9.17. The van der Waals surface area contributed by atoms with Gasteiger partial charge < -0.3 is 10.8 Å². The van der Waals surface area contributed by atoms with E-state index in [1.807, 2.05) is 0 Å². The van der Waals surface area contributed by atoms with Crippen molar-refractivity contribution < 1.29 is 14.3 Å². The van der Waals surface area contributed by atoms with Gasteiger partial charge in [0.15, 0.2) is 0 Å². The summed E-state index contributed by atoms with van der Waals surface area (Å²) in [6.45, 7) is 5.34. The average Bonchev–Trinajstić information content (AvgIpc) is 2.06. The van der Waals surface area contributed by atoms with Crippen molar-refractivity contribution in [2.24, 2.45) is 5.73 Å². The highest BCUT2D eigenvalue weighted by atomic mass is 19.1. The smallest absolute Gasteiger partial charge is 0.408 e. The molecular weight excluding hydrogens is 211 g/mol. The van der Waals surface area contributed by atoms with Crippen LogP contribution >= 0.6 is 0 Å². The van der Waals surface area contributed by atoms with Gasteiger partial charge in [0.1, 0.15) is 6.17 Å². The number of rotatable bonds is 1. The molecule has 0 bridgehead atoms. The number of hydrogen-bond acceptors (Lipinski definition) is 2. The van der Waals surface area contributed by atoms with Crippen molar-refractivity contribution in [3.05, 3.63) is 0 Å².